The summed E-state index contributed by atoms with van der Waals surface area (Å²) in [6, 6.07) is 6.34. The summed E-state index contributed by atoms with van der Waals surface area (Å²) in [5.41, 5.74) is 2.39. The number of carbonyl (C=O) groups is 1. The van der Waals surface area contributed by atoms with Crippen molar-refractivity contribution >= 4 is 5.91 Å². The van der Waals surface area contributed by atoms with E-state index in [2.05, 4.69) is 11.4 Å². The zero-order valence-corrected chi connectivity index (χ0v) is 11.1. The van der Waals surface area contributed by atoms with Gasteiger partial charge < -0.3 is 10.1 Å². The molecule has 0 saturated heterocycles. The Hall–Kier alpha value is -1.51. The molecule has 3 aliphatic rings. The summed E-state index contributed by atoms with van der Waals surface area (Å²) >= 11 is 0. The van der Waals surface area contributed by atoms with Gasteiger partial charge in [-0.15, -0.1) is 0 Å². The standard InChI is InChI=1S/C16H19NO2/c18-15(17-12-2-1-3-12)11-4-5-14-13(10-11)16(6-7-16)8-9-19-14/h4-5,10,12H,1-3,6-9H2,(H,17,18). The second kappa shape index (κ2) is 3.99. The largest absolute Gasteiger partial charge is 0.493 e. The Balaban J connectivity index is 1.61. The van der Waals surface area contributed by atoms with Crippen molar-refractivity contribution in [3.8, 4) is 5.75 Å². The number of ether oxygens (including phenoxy) is 1. The maximum Gasteiger partial charge on any atom is 0.251 e. The molecule has 2 saturated carbocycles. The molecule has 1 aliphatic heterocycles. The second-order valence-corrected chi connectivity index (χ2v) is 6.19. The van der Waals surface area contributed by atoms with Gasteiger partial charge in [0.15, 0.2) is 0 Å². The minimum absolute atomic E-state index is 0.0777. The highest BCUT2D eigenvalue weighted by atomic mass is 16.5. The Morgan fingerprint density at radius 2 is 2.11 bits per heavy atom. The minimum Gasteiger partial charge on any atom is -0.493 e. The van der Waals surface area contributed by atoms with Crippen molar-refractivity contribution in [2.24, 2.45) is 0 Å². The Labute approximate surface area is 113 Å². The van der Waals surface area contributed by atoms with Crippen LogP contribution in [-0.4, -0.2) is 18.6 Å². The zero-order chi connectivity index (χ0) is 12.9. The smallest absolute Gasteiger partial charge is 0.251 e. The van der Waals surface area contributed by atoms with E-state index in [-0.39, 0.29) is 5.91 Å². The number of fused-ring (bicyclic) bond motifs is 2. The van der Waals surface area contributed by atoms with Crippen molar-refractivity contribution in [3.05, 3.63) is 29.3 Å². The van der Waals surface area contributed by atoms with Crippen molar-refractivity contribution in [2.45, 2.75) is 50.0 Å². The van der Waals surface area contributed by atoms with Gasteiger partial charge in [0.2, 0.25) is 0 Å². The van der Waals surface area contributed by atoms with Gasteiger partial charge in [0.1, 0.15) is 5.75 Å². The molecule has 100 valence electrons. The van der Waals surface area contributed by atoms with E-state index in [9.17, 15) is 4.79 Å². The molecule has 3 heteroatoms. The lowest BCUT2D eigenvalue weighted by Gasteiger charge is -2.28. The summed E-state index contributed by atoms with van der Waals surface area (Å²) in [6.45, 7) is 0.820. The maximum absolute atomic E-state index is 12.2. The molecule has 2 aliphatic carbocycles. The highest BCUT2D eigenvalue weighted by Crippen LogP contribution is 2.55. The van der Waals surface area contributed by atoms with Crippen molar-refractivity contribution in [3.63, 3.8) is 0 Å². The third-order valence-electron chi connectivity index (χ3n) is 4.95. The molecule has 1 heterocycles. The molecule has 19 heavy (non-hydrogen) atoms. The topological polar surface area (TPSA) is 38.3 Å². The van der Waals surface area contributed by atoms with Gasteiger partial charge >= 0.3 is 0 Å². The van der Waals surface area contributed by atoms with E-state index >= 15 is 0 Å². The van der Waals surface area contributed by atoms with Crippen LogP contribution in [0.2, 0.25) is 0 Å². The fourth-order valence-electron chi connectivity index (χ4n) is 3.19. The molecule has 1 spiro atoms. The van der Waals surface area contributed by atoms with Crippen LogP contribution in [0.3, 0.4) is 0 Å². The van der Waals surface area contributed by atoms with Gasteiger partial charge in [-0.1, -0.05) is 0 Å². The minimum atomic E-state index is 0.0777. The number of hydrogen-bond donors (Lipinski definition) is 1. The summed E-state index contributed by atoms with van der Waals surface area (Å²) in [5.74, 6) is 1.07. The van der Waals surface area contributed by atoms with E-state index in [1.54, 1.807) is 0 Å². The van der Waals surface area contributed by atoms with Crippen LogP contribution < -0.4 is 10.1 Å². The molecule has 0 atom stereocenters. The van der Waals surface area contributed by atoms with E-state index in [1.165, 1.54) is 24.8 Å². The quantitative estimate of drug-likeness (QED) is 0.884. The van der Waals surface area contributed by atoms with Gasteiger partial charge in [0, 0.05) is 22.6 Å². The van der Waals surface area contributed by atoms with Crippen LogP contribution in [-0.2, 0) is 5.41 Å². The van der Waals surface area contributed by atoms with Crippen LogP contribution in [0.25, 0.3) is 0 Å². The predicted octanol–water partition coefficient (Wildman–Crippen LogP) is 2.78. The molecule has 3 nitrogen and oxygen atoms in total. The Bertz CT molecular complexity index is 530. The summed E-state index contributed by atoms with van der Waals surface area (Å²) in [4.78, 5) is 12.2. The van der Waals surface area contributed by atoms with Crippen LogP contribution in [0.4, 0.5) is 0 Å². The van der Waals surface area contributed by atoms with E-state index in [0.29, 0.717) is 11.5 Å². The Kier molecular flexibility index (Phi) is 2.38. The summed E-state index contributed by atoms with van der Waals surface area (Å²) in [6.07, 6.45) is 7.10. The van der Waals surface area contributed by atoms with Crippen LogP contribution in [0.1, 0.15) is 54.4 Å². The van der Waals surface area contributed by atoms with Gasteiger partial charge in [0.25, 0.3) is 5.91 Å². The fourth-order valence-corrected chi connectivity index (χ4v) is 3.19. The average molecular weight is 257 g/mol. The van der Waals surface area contributed by atoms with Crippen LogP contribution in [0.15, 0.2) is 18.2 Å². The lowest BCUT2D eigenvalue weighted by Crippen LogP contribution is -2.39. The number of carbonyl (C=O) groups excluding carboxylic acids is 1. The van der Waals surface area contributed by atoms with E-state index < -0.39 is 0 Å². The normalized spacial score (nSPS) is 23.2. The number of amides is 1. The lowest BCUT2D eigenvalue weighted by atomic mass is 9.88. The average Bonchev–Trinajstić information content (AvgIpc) is 3.14. The molecule has 1 N–H and O–H groups in total. The maximum atomic E-state index is 12.2. The van der Waals surface area contributed by atoms with Crippen LogP contribution in [0, 0.1) is 0 Å². The van der Waals surface area contributed by atoms with Crippen molar-refractivity contribution < 1.29 is 9.53 Å². The molecular formula is C16H19NO2. The molecule has 1 aromatic carbocycles. The molecule has 0 aromatic heterocycles. The van der Waals surface area contributed by atoms with Gasteiger partial charge in [0.05, 0.1) is 6.61 Å². The number of hydrogen-bond acceptors (Lipinski definition) is 2. The van der Waals surface area contributed by atoms with Gasteiger partial charge in [-0.05, 0) is 56.7 Å². The zero-order valence-electron chi connectivity index (χ0n) is 11.1. The highest BCUT2D eigenvalue weighted by Gasteiger charge is 2.47. The van der Waals surface area contributed by atoms with Gasteiger partial charge in [-0.25, -0.2) is 0 Å². The van der Waals surface area contributed by atoms with E-state index in [0.717, 1.165) is 37.2 Å². The SMILES string of the molecule is O=C(NC1CCC1)c1ccc2c(c1)C1(CCO2)CC1. The molecule has 0 unspecified atom stereocenters. The van der Waals surface area contributed by atoms with Crippen molar-refractivity contribution in [2.75, 3.05) is 6.61 Å². The van der Waals surface area contributed by atoms with Crippen molar-refractivity contribution in [1.29, 1.82) is 0 Å². The second-order valence-electron chi connectivity index (χ2n) is 6.19. The van der Waals surface area contributed by atoms with Crippen molar-refractivity contribution in [1.82, 2.24) is 5.32 Å². The molecule has 0 bridgehead atoms. The molecule has 1 amide bonds. The molecule has 2 fully saturated rings. The van der Waals surface area contributed by atoms with Gasteiger partial charge in [-0.2, -0.15) is 0 Å². The van der Waals surface area contributed by atoms with Gasteiger partial charge in [-0.3, -0.25) is 4.79 Å². The first-order valence-corrected chi connectivity index (χ1v) is 7.35. The van der Waals surface area contributed by atoms with E-state index in [4.69, 9.17) is 4.74 Å². The number of rotatable bonds is 2. The Morgan fingerprint density at radius 3 is 2.79 bits per heavy atom. The molecule has 4 rings (SSSR count). The lowest BCUT2D eigenvalue weighted by molar-refractivity contribution is 0.0916. The molecular weight excluding hydrogens is 238 g/mol. The number of benzene rings is 1. The third kappa shape index (κ3) is 1.83. The number of nitrogens with one attached hydrogen (secondary N) is 1. The fraction of sp³-hybridized carbons (Fsp3) is 0.562. The van der Waals surface area contributed by atoms with Crippen LogP contribution in [0.5, 0.6) is 5.75 Å². The summed E-state index contributed by atoms with van der Waals surface area (Å²) in [7, 11) is 0. The first-order chi connectivity index (χ1) is 9.27. The summed E-state index contributed by atoms with van der Waals surface area (Å²) in [5, 5.41) is 3.11. The first-order valence-electron chi connectivity index (χ1n) is 7.35. The monoisotopic (exact) mass is 257 g/mol. The van der Waals surface area contributed by atoms with E-state index in [1.807, 2.05) is 12.1 Å². The molecule has 0 radical (unpaired) electrons. The first kappa shape index (κ1) is 11.3. The molecule has 1 aromatic rings. The highest BCUT2D eigenvalue weighted by molar-refractivity contribution is 5.95. The Morgan fingerprint density at radius 1 is 1.26 bits per heavy atom. The third-order valence-corrected chi connectivity index (χ3v) is 4.95. The van der Waals surface area contributed by atoms with Crippen LogP contribution >= 0.6 is 0 Å². The predicted molar refractivity (Wildman–Crippen MR) is 72.6 cm³/mol. The summed E-state index contributed by atoms with van der Waals surface area (Å²) < 4.78 is 5.72.